The molecule has 1 aromatic rings. The minimum absolute atomic E-state index is 0.367. The number of methoxy groups -OCH3 is 1. The van der Waals surface area contributed by atoms with Gasteiger partial charge in [0.25, 0.3) is 0 Å². The maximum atomic E-state index is 9.72. The summed E-state index contributed by atoms with van der Waals surface area (Å²) < 4.78 is 5.10. The van der Waals surface area contributed by atoms with Gasteiger partial charge in [-0.15, -0.1) is 0 Å². The van der Waals surface area contributed by atoms with E-state index in [1.165, 1.54) is 5.56 Å². The van der Waals surface area contributed by atoms with E-state index >= 15 is 0 Å². The number of hydrogen-bond donors (Lipinski definition) is 1. The van der Waals surface area contributed by atoms with E-state index in [1.807, 2.05) is 13.1 Å². The molecule has 3 heteroatoms. The Morgan fingerprint density at radius 3 is 2.80 bits per heavy atom. The molecule has 15 heavy (non-hydrogen) atoms. The van der Waals surface area contributed by atoms with Crippen molar-refractivity contribution in [2.45, 2.75) is 38.2 Å². The summed E-state index contributed by atoms with van der Waals surface area (Å²) >= 11 is 0. The lowest BCUT2D eigenvalue weighted by molar-refractivity contribution is 0.140. The van der Waals surface area contributed by atoms with E-state index in [4.69, 9.17) is 4.74 Å². The van der Waals surface area contributed by atoms with E-state index in [0.29, 0.717) is 5.88 Å². The lowest BCUT2D eigenvalue weighted by atomic mass is 10.1. The molecular formula is C12H17NO2. The molecule has 0 radical (unpaired) electrons. The average Bonchev–Trinajstić information content (AvgIpc) is 2.95. The molecule has 0 amide bonds. The molecule has 2 rings (SSSR count). The normalized spacial score (nSPS) is 17.5. The maximum Gasteiger partial charge on any atom is 0.215 e. The van der Waals surface area contributed by atoms with E-state index in [0.717, 1.165) is 31.2 Å². The molecular weight excluding hydrogens is 190 g/mol. The second kappa shape index (κ2) is 3.81. The van der Waals surface area contributed by atoms with Crippen molar-refractivity contribution < 1.29 is 9.84 Å². The third-order valence-electron chi connectivity index (χ3n) is 2.99. The van der Waals surface area contributed by atoms with Gasteiger partial charge in [0, 0.05) is 11.8 Å². The van der Waals surface area contributed by atoms with Crippen LogP contribution < -0.4 is 4.74 Å². The van der Waals surface area contributed by atoms with Crippen molar-refractivity contribution in [2.75, 3.05) is 7.11 Å². The molecule has 0 unspecified atom stereocenters. The van der Waals surface area contributed by atoms with Crippen LogP contribution >= 0.6 is 0 Å². The average molecular weight is 207 g/mol. The third kappa shape index (κ3) is 2.48. The second-order valence-corrected chi connectivity index (χ2v) is 4.39. The Labute approximate surface area is 90.1 Å². The second-order valence-electron chi connectivity index (χ2n) is 4.39. The molecule has 1 aliphatic carbocycles. The largest absolute Gasteiger partial charge is 0.481 e. The van der Waals surface area contributed by atoms with Crippen molar-refractivity contribution >= 4 is 0 Å². The van der Waals surface area contributed by atoms with Crippen LogP contribution in [-0.2, 0) is 6.42 Å². The highest BCUT2D eigenvalue weighted by Crippen LogP contribution is 2.39. The van der Waals surface area contributed by atoms with Gasteiger partial charge in [-0.05, 0) is 44.2 Å². The minimum Gasteiger partial charge on any atom is -0.481 e. The Morgan fingerprint density at radius 1 is 1.53 bits per heavy atom. The number of ether oxygens (including phenoxy) is 1. The summed E-state index contributed by atoms with van der Waals surface area (Å²) in [5, 5.41) is 9.72. The number of rotatable bonds is 4. The Bertz CT molecular complexity index is 359. The number of aromatic nitrogens is 1. The van der Waals surface area contributed by atoms with E-state index < -0.39 is 0 Å². The molecule has 82 valence electrons. The SMILES string of the molecule is COc1ncc(CCC2(O)CC2)cc1C. The first-order valence-corrected chi connectivity index (χ1v) is 5.35. The monoisotopic (exact) mass is 207 g/mol. The number of aryl methyl sites for hydroxylation is 2. The predicted molar refractivity (Wildman–Crippen MR) is 58.0 cm³/mol. The molecule has 1 saturated carbocycles. The van der Waals surface area contributed by atoms with Crippen LogP contribution in [0.25, 0.3) is 0 Å². The minimum atomic E-state index is -0.367. The molecule has 0 aliphatic heterocycles. The van der Waals surface area contributed by atoms with E-state index in [-0.39, 0.29) is 5.60 Å². The predicted octanol–water partition coefficient (Wildman–Crippen LogP) is 1.86. The van der Waals surface area contributed by atoms with Gasteiger partial charge >= 0.3 is 0 Å². The number of aliphatic hydroxyl groups is 1. The molecule has 0 atom stereocenters. The van der Waals surface area contributed by atoms with Gasteiger partial charge in [-0.2, -0.15) is 0 Å². The highest BCUT2D eigenvalue weighted by atomic mass is 16.5. The van der Waals surface area contributed by atoms with Gasteiger partial charge in [0.15, 0.2) is 0 Å². The fourth-order valence-corrected chi connectivity index (χ4v) is 1.74. The zero-order valence-corrected chi connectivity index (χ0v) is 9.29. The first-order valence-electron chi connectivity index (χ1n) is 5.35. The first kappa shape index (κ1) is 10.4. The molecule has 1 heterocycles. The zero-order valence-electron chi connectivity index (χ0n) is 9.29. The fourth-order valence-electron chi connectivity index (χ4n) is 1.74. The van der Waals surface area contributed by atoms with E-state index in [1.54, 1.807) is 7.11 Å². The van der Waals surface area contributed by atoms with Crippen molar-refractivity contribution in [3.8, 4) is 5.88 Å². The van der Waals surface area contributed by atoms with Crippen LogP contribution in [0.15, 0.2) is 12.3 Å². The van der Waals surface area contributed by atoms with Gasteiger partial charge < -0.3 is 9.84 Å². The van der Waals surface area contributed by atoms with Gasteiger partial charge in [-0.25, -0.2) is 4.98 Å². The molecule has 3 nitrogen and oxygen atoms in total. The van der Waals surface area contributed by atoms with Gasteiger partial charge in [-0.3, -0.25) is 0 Å². The Hall–Kier alpha value is -1.09. The van der Waals surface area contributed by atoms with Crippen LogP contribution in [0.1, 0.15) is 30.4 Å². The van der Waals surface area contributed by atoms with Gasteiger partial charge in [0.1, 0.15) is 0 Å². The zero-order chi connectivity index (χ0) is 10.9. The molecule has 0 saturated heterocycles. The van der Waals surface area contributed by atoms with Crippen molar-refractivity contribution in [1.82, 2.24) is 4.98 Å². The van der Waals surface area contributed by atoms with Crippen molar-refractivity contribution in [3.63, 3.8) is 0 Å². The summed E-state index contributed by atoms with van der Waals surface area (Å²) in [6.45, 7) is 1.99. The van der Waals surface area contributed by atoms with Crippen molar-refractivity contribution in [2.24, 2.45) is 0 Å². The lowest BCUT2D eigenvalue weighted by Gasteiger charge is -2.08. The molecule has 1 fully saturated rings. The number of nitrogens with zero attached hydrogens (tertiary/aromatic N) is 1. The molecule has 1 aliphatic rings. The van der Waals surface area contributed by atoms with Gasteiger partial charge in [0.05, 0.1) is 12.7 Å². The van der Waals surface area contributed by atoms with Gasteiger partial charge in [0.2, 0.25) is 5.88 Å². The Morgan fingerprint density at radius 2 is 2.27 bits per heavy atom. The Balaban J connectivity index is 1.99. The van der Waals surface area contributed by atoms with E-state index in [2.05, 4.69) is 11.1 Å². The summed E-state index contributed by atoms with van der Waals surface area (Å²) in [6, 6.07) is 2.08. The van der Waals surface area contributed by atoms with Crippen LogP contribution in [0.3, 0.4) is 0 Å². The lowest BCUT2D eigenvalue weighted by Crippen LogP contribution is -2.08. The highest BCUT2D eigenvalue weighted by molar-refractivity contribution is 5.28. The summed E-state index contributed by atoms with van der Waals surface area (Å²) in [7, 11) is 1.63. The number of pyridine rings is 1. The molecule has 0 spiro atoms. The van der Waals surface area contributed by atoms with E-state index in [9.17, 15) is 5.11 Å². The van der Waals surface area contributed by atoms with Crippen LogP contribution in [0.2, 0.25) is 0 Å². The van der Waals surface area contributed by atoms with Crippen LogP contribution in [0, 0.1) is 6.92 Å². The first-order chi connectivity index (χ1) is 7.13. The smallest absolute Gasteiger partial charge is 0.215 e. The molecule has 0 bridgehead atoms. The third-order valence-corrected chi connectivity index (χ3v) is 2.99. The van der Waals surface area contributed by atoms with Crippen LogP contribution in [0.5, 0.6) is 5.88 Å². The molecule has 0 aromatic carbocycles. The Kier molecular flexibility index (Phi) is 2.65. The highest BCUT2D eigenvalue weighted by Gasteiger charge is 2.39. The molecule has 1 N–H and O–H groups in total. The standard InChI is InChI=1S/C12H17NO2/c1-9-7-10(8-13-11(9)15-2)3-4-12(14)5-6-12/h7-8,14H,3-6H2,1-2H3. The van der Waals surface area contributed by atoms with Gasteiger partial charge in [-0.1, -0.05) is 0 Å². The number of hydrogen-bond acceptors (Lipinski definition) is 3. The maximum absolute atomic E-state index is 9.72. The summed E-state index contributed by atoms with van der Waals surface area (Å²) in [5.41, 5.74) is 1.86. The van der Waals surface area contributed by atoms with Crippen molar-refractivity contribution in [1.29, 1.82) is 0 Å². The topological polar surface area (TPSA) is 42.4 Å². The molecule has 1 aromatic heterocycles. The van der Waals surface area contributed by atoms with Crippen LogP contribution in [-0.4, -0.2) is 22.8 Å². The quantitative estimate of drug-likeness (QED) is 0.819. The van der Waals surface area contributed by atoms with Crippen LogP contribution in [0.4, 0.5) is 0 Å². The summed E-state index contributed by atoms with van der Waals surface area (Å²) in [5.74, 6) is 0.684. The summed E-state index contributed by atoms with van der Waals surface area (Å²) in [6.07, 6.45) is 5.48. The summed E-state index contributed by atoms with van der Waals surface area (Å²) in [4.78, 5) is 4.21. The van der Waals surface area contributed by atoms with Crippen molar-refractivity contribution in [3.05, 3.63) is 23.4 Å². The fraction of sp³-hybridized carbons (Fsp3) is 0.583.